The van der Waals surface area contributed by atoms with Gasteiger partial charge in [-0.2, -0.15) is 0 Å². The molecule has 2 aromatic rings. The standard InChI is InChI=1S/C22H28N2O6S/c1-16(25)18-7-5-8-19(14-18)24(31(4,27)28)12-6-9-22(26)23-15-17-10-11-20(29-2)21(13-17)30-3/h5,7-8,10-11,13-14H,6,9,12,15H2,1-4H3,(H,23,26). The molecule has 0 heterocycles. The Bertz CT molecular complexity index is 1040. The molecule has 0 saturated heterocycles. The number of hydrogen-bond donors (Lipinski definition) is 1. The molecule has 9 heteroatoms. The lowest BCUT2D eigenvalue weighted by Crippen LogP contribution is -2.32. The number of sulfonamides is 1. The summed E-state index contributed by atoms with van der Waals surface area (Å²) in [5, 5.41) is 2.82. The van der Waals surface area contributed by atoms with Crippen molar-refractivity contribution >= 4 is 27.4 Å². The Morgan fingerprint density at radius 3 is 2.35 bits per heavy atom. The van der Waals surface area contributed by atoms with E-state index in [1.807, 2.05) is 6.07 Å². The Morgan fingerprint density at radius 2 is 1.74 bits per heavy atom. The van der Waals surface area contributed by atoms with Crippen LogP contribution in [0.1, 0.15) is 35.7 Å². The fourth-order valence-electron chi connectivity index (χ4n) is 3.03. The molecule has 0 saturated carbocycles. The second-order valence-electron chi connectivity index (χ2n) is 7.01. The largest absolute Gasteiger partial charge is 0.493 e. The molecule has 1 N–H and O–H groups in total. The van der Waals surface area contributed by atoms with E-state index in [0.29, 0.717) is 35.7 Å². The van der Waals surface area contributed by atoms with Gasteiger partial charge in [0.15, 0.2) is 17.3 Å². The van der Waals surface area contributed by atoms with Gasteiger partial charge in [-0.3, -0.25) is 13.9 Å². The minimum Gasteiger partial charge on any atom is -0.493 e. The van der Waals surface area contributed by atoms with Gasteiger partial charge in [-0.15, -0.1) is 0 Å². The molecule has 0 aliphatic carbocycles. The van der Waals surface area contributed by atoms with Crippen LogP contribution >= 0.6 is 0 Å². The van der Waals surface area contributed by atoms with Crippen LogP contribution in [-0.4, -0.2) is 47.1 Å². The lowest BCUT2D eigenvalue weighted by Gasteiger charge is -2.22. The topological polar surface area (TPSA) is 102 Å². The van der Waals surface area contributed by atoms with Gasteiger partial charge in [0.1, 0.15) is 0 Å². The quantitative estimate of drug-likeness (QED) is 0.531. The molecule has 0 aromatic heterocycles. The highest BCUT2D eigenvalue weighted by Gasteiger charge is 2.18. The first-order valence-electron chi connectivity index (χ1n) is 9.72. The molecule has 31 heavy (non-hydrogen) atoms. The molecule has 0 bridgehead atoms. The third kappa shape index (κ3) is 6.99. The number of nitrogens with one attached hydrogen (secondary N) is 1. The molecule has 2 aromatic carbocycles. The van der Waals surface area contributed by atoms with E-state index < -0.39 is 10.0 Å². The maximum absolute atomic E-state index is 12.2. The Morgan fingerprint density at radius 1 is 1.03 bits per heavy atom. The second-order valence-corrected chi connectivity index (χ2v) is 8.92. The third-order valence-electron chi connectivity index (χ3n) is 4.64. The molecule has 0 aliphatic heterocycles. The van der Waals surface area contributed by atoms with Crippen molar-refractivity contribution in [3.63, 3.8) is 0 Å². The highest BCUT2D eigenvalue weighted by atomic mass is 32.2. The molecule has 0 radical (unpaired) electrons. The van der Waals surface area contributed by atoms with Crippen molar-refractivity contribution in [2.45, 2.75) is 26.3 Å². The first-order valence-corrected chi connectivity index (χ1v) is 11.6. The highest BCUT2D eigenvalue weighted by molar-refractivity contribution is 7.92. The van der Waals surface area contributed by atoms with E-state index in [1.165, 1.54) is 11.2 Å². The van der Waals surface area contributed by atoms with Crippen LogP contribution in [0, 0.1) is 0 Å². The van der Waals surface area contributed by atoms with Crippen LogP contribution < -0.4 is 19.1 Å². The summed E-state index contributed by atoms with van der Waals surface area (Å²) in [6.07, 6.45) is 1.59. The Labute approximate surface area is 183 Å². The number of carbonyl (C=O) groups excluding carboxylic acids is 2. The van der Waals surface area contributed by atoms with E-state index in [0.717, 1.165) is 11.8 Å². The smallest absolute Gasteiger partial charge is 0.232 e. The number of ether oxygens (including phenoxy) is 2. The Balaban J connectivity index is 1.94. The maximum Gasteiger partial charge on any atom is 0.232 e. The van der Waals surface area contributed by atoms with Crippen LogP contribution in [0.4, 0.5) is 5.69 Å². The van der Waals surface area contributed by atoms with Gasteiger partial charge in [0.2, 0.25) is 15.9 Å². The van der Waals surface area contributed by atoms with E-state index in [2.05, 4.69) is 5.32 Å². The first-order chi connectivity index (χ1) is 14.7. The van der Waals surface area contributed by atoms with Crippen LogP contribution in [0.25, 0.3) is 0 Å². The molecule has 8 nitrogen and oxygen atoms in total. The zero-order valence-electron chi connectivity index (χ0n) is 18.2. The maximum atomic E-state index is 12.2. The third-order valence-corrected chi connectivity index (χ3v) is 5.84. The highest BCUT2D eigenvalue weighted by Crippen LogP contribution is 2.27. The molecular weight excluding hydrogens is 420 g/mol. The average molecular weight is 449 g/mol. The summed E-state index contributed by atoms with van der Waals surface area (Å²) in [6, 6.07) is 11.8. The number of rotatable bonds is 11. The summed E-state index contributed by atoms with van der Waals surface area (Å²) in [4.78, 5) is 23.8. The van der Waals surface area contributed by atoms with Gasteiger partial charge >= 0.3 is 0 Å². The molecule has 168 valence electrons. The lowest BCUT2D eigenvalue weighted by molar-refractivity contribution is -0.121. The summed E-state index contributed by atoms with van der Waals surface area (Å²) in [6.45, 7) is 1.87. The number of methoxy groups -OCH3 is 2. The summed E-state index contributed by atoms with van der Waals surface area (Å²) >= 11 is 0. The van der Waals surface area contributed by atoms with E-state index in [4.69, 9.17) is 9.47 Å². The van der Waals surface area contributed by atoms with Crippen molar-refractivity contribution in [2.75, 3.05) is 31.3 Å². The van der Waals surface area contributed by atoms with E-state index in [1.54, 1.807) is 50.6 Å². The second kappa shape index (κ2) is 10.8. The fraction of sp³-hybridized carbons (Fsp3) is 0.364. The summed E-state index contributed by atoms with van der Waals surface area (Å²) in [5.74, 6) is 0.837. The van der Waals surface area contributed by atoms with Gasteiger partial charge < -0.3 is 14.8 Å². The number of carbonyl (C=O) groups is 2. The minimum atomic E-state index is -3.56. The molecule has 2 rings (SSSR count). The number of Topliss-reactive ketones (excluding diaryl/α,β-unsaturated/α-hetero) is 1. The van der Waals surface area contributed by atoms with Crippen LogP contribution in [-0.2, 0) is 21.4 Å². The monoisotopic (exact) mass is 448 g/mol. The van der Waals surface area contributed by atoms with Gasteiger partial charge in [0, 0.05) is 25.1 Å². The van der Waals surface area contributed by atoms with Crippen molar-refractivity contribution in [3.05, 3.63) is 53.6 Å². The summed E-state index contributed by atoms with van der Waals surface area (Å²) < 4.78 is 36.1. The predicted molar refractivity (Wildman–Crippen MR) is 119 cm³/mol. The van der Waals surface area contributed by atoms with Gasteiger partial charge in [-0.1, -0.05) is 18.2 Å². The van der Waals surface area contributed by atoms with E-state index in [-0.39, 0.29) is 24.7 Å². The van der Waals surface area contributed by atoms with Crippen LogP contribution in [0.2, 0.25) is 0 Å². The van der Waals surface area contributed by atoms with Crippen LogP contribution in [0.5, 0.6) is 11.5 Å². The molecule has 1 amide bonds. The van der Waals surface area contributed by atoms with Crippen LogP contribution in [0.15, 0.2) is 42.5 Å². The fourth-order valence-corrected chi connectivity index (χ4v) is 3.99. The van der Waals surface area contributed by atoms with Crippen molar-refractivity contribution < 1.29 is 27.5 Å². The summed E-state index contributed by atoms with van der Waals surface area (Å²) in [7, 11) is -0.471. The molecule has 0 fully saturated rings. The van der Waals surface area contributed by atoms with E-state index in [9.17, 15) is 18.0 Å². The van der Waals surface area contributed by atoms with Gasteiger partial charge in [-0.25, -0.2) is 8.42 Å². The zero-order valence-corrected chi connectivity index (χ0v) is 19.0. The molecular formula is C22H28N2O6S. The number of hydrogen-bond acceptors (Lipinski definition) is 6. The minimum absolute atomic E-state index is 0.129. The normalized spacial score (nSPS) is 11.0. The number of benzene rings is 2. The number of nitrogens with zero attached hydrogens (tertiary/aromatic N) is 1. The molecule has 0 atom stereocenters. The predicted octanol–water partition coefficient (Wildman–Crippen LogP) is 2.77. The Hall–Kier alpha value is -3.07. The van der Waals surface area contributed by atoms with E-state index >= 15 is 0 Å². The molecule has 0 unspecified atom stereocenters. The first kappa shape index (κ1) is 24.2. The Kier molecular flexibility index (Phi) is 8.44. The number of anilines is 1. The molecule has 0 spiro atoms. The number of ketones is 1. The van der Waals surface area contributed by atoms with Crippen molar-refractivity contribution in [3.8, 4) is 11.5 Å². The zero-order chi connectivity index (χ0) is 23.0. The van der Waals surface area contributed by atoms with Gasteiger partial charge in [0.05, 0.1) is 26.2 Å². The van der Waals surface area contributed by atoms with Gasteiger partial charge in [0.25, 0.3) is 0 Å². The number of amides is 1. The summed E-state index contributed by atoms with van der Waals surface area (Å²) in [5.41, 5.74) is 1.68. The SMILES string of the molecule is COc1ccc(CNC(=O)CCCN(c2cccc(C(C)=O)c2)S(C)(=O)=O)cc1OC. The molecule has 0 aliphatic rings. The van der Waals surface area contributed by atoms with Crippen molar-refractivity contribution in [1.29, 1.82) is 0 Å². The van der Waals surface area contributed by atoms with Crippen molar-refractivity contribution in [2.24, 2.45) is 0 Å². The van der Waals surface area contributed by atoms with Crippen LogP contribution in [0.3, 0.4) is 0 Å². The van der Waals surface area contributed by atoms with Gasteiger partial charge in [-0.05, 0) is 43.2 Å². The van der Waals surface area contributed by atoms with Crippen molar-refractivity contribution in [1.82, 2.24) is 5.32 Å². The lowest BCUT2D eigenvalue weighted by atomic mass is 10.1. The average Bonchev–Trinajstić information content (AvgIpc) is 2.74.